The Hall–Kier alpha value is -0.340. The summed E-state index contributed by atoms with van der Waals surface area (Å²) in [5, 5.41) is 0. The fourth-order valence-corrected chi connectivity index (χ4v) is 1.21. The Morgan fingerprint density at radius 2 is 2.20 bits per heavy atom. The second-order valence-corrected chi connectivity index (χ2v) is 2.75. The summed E-state index contributed by atoms with van der Waals surface area (Å²) < 4.78 is 5.18. The molecule has 1 rings (SSSR count). The van der Waals surface area contributed by atoms with Gasteiger partial charge in [0.05, 0.1) is 6.10 Å². The summed E-state index contributed by atoms with van der Waals surface area (Å²) in [6, 6.07) is 0.250. The van der Waals surface area contributed by atoms with Gasteiger partial charge < -0.3 is 10.5 Å². The molecular weight excluding hydrogens is 126 g/mol. The minimum absolute atomic E-state index is 0.250. The van der Waals surface area contributed by atoms with Gasteiger partial charge in [-0.25, -0.2) is 0 Å². The van der Waals surface area contributed by atoms with Crippen molar-refractivity contribution in [1.82, 2.24) is 0 Å². The topological polar surface area (TPSA) is 35.2 Å². The van der Waals surface area contributed by atoms with E-state index in [0.717, 1.165) is 12.8 Å². The molecule has 0 radical (unpaired) electrons. The molecule has 0 bridgehead atoms. The van der Waals surface area contributed by atoms with Crippen LogP contribution in [0.15, 0.2) is 12.2 Å². The first-order chi connectivity index (χ1) is 4.83. The smallest absolute Gasteiger partial charge is 0.0752 e. The second kappa shape index (κ2) is 3.74. The number of hydrogen-bond acceptors (Lipinski definition) is 2. The van der Waals surface area contributed by atoms with E-state index >= 15 is 0 Å². The molecule has 0 saturated carbocycles. The van der Waals surface area contributed by atoms with Crippen LogP contribution in [0.25, 0.3) is 0 Å². The van der Waals surface area contributed by atoms with Gasteiger partial charge in [0.2, 0.25) is 0 Å². The highest BCUT2D eigenvalue weighted by Gasteiger charge is 2.08. The summed E-state index contributed by atoms with van der Waals surface area (Å²) in [6.45, 7) is 0. The molecule has 10 heavy (non-hydrogen) atoms. The Morgan fingerprint density at radius 1 is 1.40 bits per heavy atom. The third kappa shape index (κ3) is 2.12. The first kappa shape index (κ1) is 7.76. The van der Waals surface area contributed by atoms with E-state index in [2.05, 4.69) is 6.08 Å². The lowest BCUT2D eigenvalue weighted by molar-refractivity contribution is 0.133. The van der Waals surface area contributed by atoms with E-state index in [1.165, 1.54) is 6.42 Å². The molecule has 0 aromatic heterocycles. The van der Waals surface area contributed by atoms with Gasteiger partial charge in [-0.2, -0.15) is 0 Å². The fourth-order valence-electron chi connectivity index (χ4n) is 1.21. The van der Waals surface area contributed by atoms with Crippen LogP contribution in [0.4, 0.5) is 0 Å². The third-order valence-corrected chi connectivity index (χ3v) is 1.90. The summed E-state index contributed by atoms with van der Waals surface area (Å²) in [5.41, 5.74) is 5.71. The number of rotatable bonds is 1. The Balaban J connectivity index is 2.42. The van der Waals surface area contributed by atoms with Crippen LogP contribution in [0, 0.1) is 0 Å². The van der Waals surface area contributed by atoms with Crippen molar-refractivity contribution in [2.24, 2.45) is 5.73 Å². The SMILES string of the molecule is CO[C@H]1C=C[C@@H](N)CCC1. The zero-order valence-corrected chi connectivity index (χ0v) is 6.42. The Morgan fingerprint density at radius 3 is 2.90 bits per heavy atom. The summed E-state index contributed by atoms with van der Waals surface area (Å²) in [5.74, 6) is 0. The van der Waals surface area contributed by atoms with Gasteiger partial charge in [0.25, 0.3) is 0 Å². The molecule has 1 aliphatic rings. The predicted octanol–water partition coefficient (Wildman–Crippen LogP) is 1.07. The van der Waals surface area contributed by atoms with E-state index in [1.54, 1.807) is 7.11 Å². The van der Waals surface area contributed by atoms with Crippen LogP contribution in [-0.2, 0) is 4.74 Å². The normalized spacial score (nSPS) is 33.8. The van der Waals surface area contributed by atoms with E-state index in [4.69, 9.17) is 10.5 Å². The lowest BCUT2D eigenvalue weighted by atomic mass is 10.1. The van der Waals surface area contributed by atoms with Gasteiger partial charge in [-0.15, -0.1) is 0 Å². The molecule has 58 valence electrons. The molecule has 2 nitrogen and oxygen atoms in total. The Kier molecular flexibility index (Phi) is 2.90. The number of hydrogen-bond donors (Lipinski definition) is 1. The monoisotopic (exact) mass is 141 g/mol. The highest BCUT2D eigenvalue weighted by atomic mass is 16.5. The quantitative estimate of drug-likeness (QED) is 0.554. The molecule has 2 heteroatoms. The highest BCUT2D eigenvalue weighted by Crippen LogP contribution is 2.12. The minimum Gasteiger partial charge on any atom is -0.377 e. The van der Waals surface area contributed by atoms with E-state index in [-0.39, 0.29) is 6.04 Å². The standard InChI is InChI=1S/C8H15NO/c1-10-8-4-2-3-7(9)5-6-8/h5-8H,2-4,9H2,1H3/t7-,8+/m0/s1. The first-order valence-electron chi connectivity index (χ1n) is 3.79. The van der Waals surface area contributed by atoms with Crippen LogP contribution >= 0.6 is 0 Å². The Bertz CT molecular complexity index is 122. The van der Waals surface area contributed by atoms with Crippen molar-refractivity contribution in [3.63, 3.8) is 0 Å². The summed E-state index contributed by atoms with van der Waals surface area (Å²) >= 11 is 0. The predicted molar refractivity (Wildman–Crippen MR) is 41.8 cm³/mol. The molecular formula is C8H15NO. The van der Waals surface area contributed by atoms with Gasteiger partial charge in [0, 0.05) is 13.2 Å². The van der Waals surface area contributed by atoms with E-state index in [1.807, 2.05) is 6.08 Å². The molecule has 0 heterocycles. The fraction of sp³-hybridized carbons (Fsp3) is 0.750. The summed E-state index contributed by atoms with van der Waals surface area (Å²) in [6.07, 6.45) is 7.79. The molecule has 0 fully saturated rings. The molecule has 1 aliphatic carbocycles. The number of ether oxygens (including phenoxy) is 1. The van der Waals surface area contributed by atoms with E-state index in [0.29, 0.717) is 6.10 Å². The molecule has 0 unspecified atom stereocenters. The lowest BCUT2D eigenvalue weighted by Gasteiger charge is -2.06. The maximum Gasteiger partial charge on any atom is 0.0752 e. The number of methoxy groups -OCH3 is 1. The molecule has 2 N–H and O–H groups in total. The van der Waals surface area contributed by atoms with Crippen molar-refractivity contribution < 1.29 is 4.74 Å². The molecule has 0 saturated heterocycles. The van der Waals surface area contributed by atoms with Crippen molar-refractivity contribution in [2.75, 3.05) is 7.11 Å². The molecule has 0 aromatic carbocycles. The molecule has 0 aromatic rings. The first-order valence-corrected chi connectivity index (χ1v) is 3.79. The largest absolute Gasteiger partial charge is 0.377 e. The van der Waals surface area contributed by atoms with E-state index in [9.17, 15) is 0 Å². The molecule has 0 spiro atoms. The zero-order valence-electron chi connectivity index (χ0n) is 6.42. The maximum absolute atomic E-state index is 5.71. The summed E-state index contributed by atoms with van der Waals surface area (Å²) in [7, 11) is 1.74. The van der Waals surface area contributed by atoms with Crippen LogP contribution in [0.5, 0.6) is 0 Å². The van der Waals surface area contributed by atoms with E-state index < -0.39 is 0 Å². The van der Waals surface area contributed by atoms with Gasteiger partial charge in [-0.1, -0.05) is 12.2 Å². The molecule has 0 aliphatic heterocycles. The molecule has 2 atom stereocenters. The van der Waals surface area contributed by atoms with Crippen LogP contribution in [0.3, 0.4) is 0 Å². The van der Waals surface area contributed by atoms with Gasteiger partial charge in [-0.3, -0.25) is 0 Å². The van der Waals surface area contributed by atoms with Gasteiger partial charge in [0.1, 0.15) is 0 Å². The van der Waals surface area contributed by atoms with Crippen molar-refractivity contribution in [1.29, 1.82) is 0 Å². The summed E-state index contributed by atoms with van der Waals surface area (Å²) in [4.78, 5) is 0. The lowest BCUT2D eigenvalue weighted by Crippen LogP contribution is -2.14. The van der Waals surface area contributed by atoms with Crippen LogP contribution in [0.1, 0.15) is 19.3 Å². The van der Waals surface area contributed by atoms with Gasteiger partial charge >= 0.3 is 0 Å². The Labute approximate surface area is 62.1 Å². The van der Waals surface area contributed by atoms with Crippen molar-refractivity contribution in [3.8, 4) is 0 Å². The maximum atomic E-state index is 5.71. The van der Waals surface area contributed by atoms with Gasteiger partial charge in [-0.05, 0) is 19.3 Å². The van der Waals surface area contributed by atoms with Crippen LogP contribution in [-0.4, -0.2) is 19.3 Å². The highest BCUT2D eigenvalue weighted by molar-refractivity contribution is 4.98. The minimum atomic E-state index is 0.250. The average Bonchev–Trinajstić information content (AvgIpc) is 2.14. The third-order valence-electron chi connectivity index (χ3n) is 1.90. The van der Waals surface area contributed by atoms with Crippen molar-refractivity contribution >= 4 is 0 Å². The van der Waals surface area contributed by atoms with Gasteiger partial charge in [0.15, 0.2) is 0 Å². The average molecular weight is 141 g/mol. The van der Waals surface area contributed by atoms with Crippen LogP contribution < -0.4 is 5.73 Å². The zero-order chi connectivity index (χ0) is 7.40. The second-order valence-electron chi connectivity index (χ2n) is 2.75. The van der Waals surface area contributed by atoms with Crippen molar-refractivity contribution in [2.45, 2.75) is 31.4 Å². The number of nitrogens with two attached hydrogens (primary N) is 1. The van der Waals surface area contributed by atoms with Crippen LogP contribution in [0.2, 0.25) is 0 Å². The van der Waals surface area contributed by atoms with Crippen molar-refractivity contribution in [3.05, 3.63) is 12.2 Å². The molecule has 0 amide bonds.